The third-order valence-corrected chi connectivity index (χ3v) is 3.31. The van der Waals surface area contributed by atoms with Crippen LogP contribution in [0.5, 0.6) is 0 Å². The fourth-order valence-electron chi connectivity index (χ4n) is 2.39. The van der Waals surface area contributed by atoms with Crippen LogP contribution in [0.2, 0.25) is 0 Å². The molecule has 1 saturated heterocycles. The average molecular weight is 182 g/mol. The Balaban J connectivity index is 1.84. The molecule has 1 aliphatic heterocycles. The van der Waals surface area contributed by atoms with Crippen molar-refractivity contribution in [1.29, 1.82) is 0 Å². The molecule has 1 aliphatic carbocycles. The number of carbonyl (C=O) groups is 1. The van der Waals surface area contributed by atoms with E-state index in [9.17, 15) is 4.79 Å². The normalized spacial score (nSPS) is 32.7. The van der Waals surface area contributed by atoms with Crippen LogP contribution < -0.4 is 5.73 Å². The zero-order valence-electron chi connectivity index (χ0n) is 8.04. The van der Waals surface area contributed by atoms with Crippen molar-refractivity contribution in [3.63, 3.8) is 0 Å². The fraction of sp³-hybridized carbons (Fsp3) is 0.900. The number of rotatable bonds is 1. The summed E-state index contributed by atoms with van der Waals surface area (Å²) in [5.74, 6) is 0.444. The summed E-state index contributed by atoms with van der Waals surface area (Å²) in [6, 6.07) is 0.938. The largest absolute Gasteiger partial charge is 0.328 e. The van der Waals surface area contributed by atoms with Gasteiger partial charge in [0.05, 0.1) is 0 Å². The van der Waals surface area contributed by atoms with Crippen molar-refractivity contribution in [1.82, 2.24) is 4.90 Å². The molecule has 2 rings (SSSR count). The van der Waals surface area contributed by atoms with Gasteiger partial charge in [-0.05, 0) is 32.4 Å². The first-order chi connectivity index (χ1) is 6.25. The van der Waals surface area contributed by atoms with E-state index < -0.39 is 0 Å². The molecule has 0 spiro atoms. The summed E-state index contributed by atoms with van der Waals surface area (Å²) in [5, 5.41) is 0. The molecule has 13 heavy (non-hydrogen) atoms. The highest BCUT2D eigenvalue weighted by Gasteiger charge is 2.29. The van der Waals surface area contributed by atoms with Crippen LogP contribution in [0.1, 0.15) is 32.1 Å². The molecule has 3 nitrogen and oxygen atoms in total. The third-order valence-electron chi connectivity index (χ3n) is 3.31. The highest BCUT2D eigenvalue weighted by atomic mass is 16.1. The molecule has 2 aliphatic rings. The Morgan fingerprint density at radius 1 is 1.23 bits per heavy atom. The molecule has 2 N–H and O–H groups in total. The predicted molar refractivity (Wildman–Crippen MR) is 51.4 cm³/mol. The maximum Gasteiger partial charge on any atom is 0.134 e. The zero-order valence-corrected chi connectivity index (χ0v) is 8.04. The molecule has 0 amide bonds. The lowest BCUT2D eigenvalue weighted by atomic mass is 10.0. The third kappa shape index (κ3) is 2.09. The van der Waals surface area contributed by atoms with E-state index in [-0.39, 0.29) is 0 Å². The number of hydrogen-bond donors (Lipinski definition) is 1. The van der Waals surface area contributed by atoms with Gasteiger partial charge >= 0.3 is 0 Å². The Morgan fingerprint density at radius 2 is 1.92 bits per heavy atom. The van der Waals surface area contributed by atoms with Gasteiger partial charge in [0.15, 0.2) is 0 Å². The van der Waals surface area contributed by atoms with Gasteiger partial charge in [-0.15, -0.1) is 0 Å². The minimum Gasteiger partial charge on any atom is -0.328 e. The average Bonchev–Trinajstić information content (AvgIpc) is 2.53. The van der Waals surface area contributed by atoms with Crippen molar-refractivity contribution in [2.45, 2.75) is 44.2 Å². The number of Topliss-reactive ketones (excluding diaryl/α,β-unsaturated/α-hetero) is 1. The van der Waals surface area contributed by atoms with Crippen LogP contribution in [-0.2, 0) is 4.79 Å². The molecule has 74 valence electrons. The summed E-state index contributed by atoms with van der Waals surface area (Å²) in [7, 11) is 0. The predicted octanol–water partition coefficient (Wildman–Crippen LogP) is 0.531. The Kier molecular flexibility index (Phi) is 2.65. The summed E-state index contributed by atoms with van der Waals surface area (Å²) in [6.45, 7) is 2.19. The molecule has 2 fully saturated rings. The molecular weight excluding hydrogens is 164 g/mol. The van der Waals surface area contributed by atoms with Crippen molar-refractivity contribution in [3.05, 3.63) is 0 Å². The molecule has 0 aromatic carbocycles. The van der Waals surface area contributed by atoms with Gasteiger partial charge < -0.3 is 5.73 Å². The standard InChI is InChI=1S/C10H18N2O/c11-8-3-5-12(6-4-8)9-1-2-10(13)7-9/h8-9H,1-7,11H2. The van der Waals surface area contributed by atoms with E-state index in [2.05, 4.69) is 4.90 Å². The number of likely N-dealkylation sites (tertiary alicyclic amines) is 1. The molecule has 3 heteroatoms. The van der Waals surface area contributed by atoms with Gasteiger partial charge in [-0.25, -0.2) is 0 Å². The Labute approximate surface area is 79.3 Å². The van der Waals surface area contributed by atoms with Gasteiger partial charge in [0, 0.05) is 24.9 Å². The lowest BCUT2D eigenvalue weighted by Gasteiger charge is -2.34. The molecule has 0 aromatic rings. The molecule has 1 heterocycles. The molecule has 0 aromatic heterocycles. The maximum atomic E-state index is 11.1. The van der Waals surface area contributed by atoms with E-state index in [0.717, 1.165) is 45.2 Å². The minimum absolute atomic E-state index is 0.397. The van der Waals surface area contributed by atoms with E-state index >= 15 is 0 Å². The quantitative estimate of drug-likeness (QED) is 0.643. The number of piperidine rings is 1. The lowest BCUT2D eigenvalue weighted by molar-refractivity contribution is -0.117. The van der Waals surface area contributed by atoms with Crippen molar-refractivity contribution in [2.24, 2.45) is 5.73 Å². The van der Waals surface area contributed by atoms with Gasteiger partial charge in [-0.1, -0.05) is 0 Å². The van der Waals surface area contributed by atoms with Crippen LogP contribution >= 0.6 is 0 Å². The van der Waals surface area contributed by atoms with E-state index in [4.69, 9.17) is 5.73 Å². The Morgan fingerprint density at radius 3 is 2.46 bits per heavy atom. The molecule has 1 unspecified atom stereocenters. The van der Waals surface area contributed by atoms with E-state index in [0.29, 0.717) is 17.9 Å². The van der Waals surface area contributed by atoms with Gasteiger partial charge in [0.25, 0.3) is 0 Å². The number of nitrogens with zero attached hydrogens (tertiary/aromatic N) is 1. The van der Waals surface area contributed by atoms with Gasteiger partial charge in [-0.3, -0.25) is 9.69 Å². The summed E-state index contributed by atoms with van der Waals surface area (Å²) in [4.78, 5) is 13.6. The van der Waals surface area contributed by atoms with E-state index in [1.807, 2.05) is 0 Å². The molecule has 0 bridgehead atoms. The van der Waals surface area contributed by atoms with E-state index in [1.165, 1.54) is 0 Å². The monoisotopic (exact) mass is 182 g/mol. The number of hydrogen-bond acceptors (Lipinski definition) is 3. The lowest BCUT2D eigenvalue weighted by Crippen LogP contribution is -2.44. The minimum atomic E-state index is 0.397. The second-order valence-electron chi connectivity index (χ2n) is 4.31. The summed E-state index contributed by atoms with van der Waals surface area (Å²) in [6.07, 6.45) is 4.87. The van der Waals surface area contributed by atoms with Gasteiger partial charge in [0.1, 0.15) is 5.78 Å². The van der Waals surface area contributed by atoms with E-state index in [1.54, 1.807) is 0 Å². The summed E-state index contributed by atoms with van der Waals surface area (Å²) < 4.78 is 0. The molecule has 1 atom stereocenters. The maximum absolute atomic E-state index is 11.1. The molecule has 0 radical (unpaired) electrons. The van der Waals surface area contributed by atoms with Crippen LogP contribution in [-0.4, -0.2) is 35.9 Å². The van der Waals surface area contributed by atoms with Crippen molar-refractivity contribution < 1.29 is 4.79 Å². The van der Waals surface area contributed by atoms with Crippen molar-refractivity contribution in [2.75, 3.05) is 13.1 Å². The van der Waals surface area contributed by atoms with Crippen molar-refractivity contribution >= 4 is 5.78 Å². The van der Waals surface area contributed by atoms with Gasteiger partial charge in [0.2, 0.25) is 0 Å². The van der Waals surface area contributed by atoms with Crippen LogP contribution in [0.25, 0.3) is 0 Å². The van der Waals surface area contributed by atoms with Gasteiger partial charge in [-0.2, -0.15) is 0 Å². The van der Waals surface area contributed by atoms with Crippen LogP contribution in [0, 0.1) is 0 Å². The Bertz CT molecular complexity index is 197. The number of carbonyl (C=O) groups excluding carboxylic acids is 1. The van der Waals surface area contributed by atoms with Crippen molar-refractivity contribution in [3.8, 4) is 0 Å². The SMILES string of the molecule is NC1CCN(C2CCC(=O)C2)CC1. The first kappa shape index (κ1) is 9.16. The zero-order chi connectivity index (χ0) is 9.26. The fourth-order valence-corrected chi connectivity index (χ4v) is 2.39. The number of nitrogens with two attached hydrogens (primary N) is 1. The van der Waals surface area contributed by atoms with Crippen LogP contribution in [0.15, 0.2) is 0 Å². The summed E-state index contributed by atoms with van der Waals surface area (Å²) >= 11 is 0. The Hall–Kier alpha value is -0.410. The summed E-state index contributed by atoms with van der Waals surface area (Å²) in [5.41, 5.74) is 5.83. The first-order valence-electron chi connectivity index (χ1n) is 5.27. The molecular formula is C10H18N2O. The smallest absolute Gasteiger partial charge is 0.134 e. The topological polar surface area (TPSA) is 46.3 Å². The van der Waals surface area contributed by atoms with Crippen LogP contribution in [0.3, 0.4) is 0 Å². The molecule has 1 saturated carbocycles. The highest BCUT2D eigenvalue weighted by molar-refractivity contribution is 5.81. The number of ketones is 1. The highest BCUT2D eigenvalue weighted by Crippen LogP contribution is 2.23. The second kappa shape index (κ2) is 3.76. The van der Waals surface area contributed by atoms with Crippen LogP contribution in [0.4, 0.5) is 0 Å². The first-order valence-corrected chi connectivity index (χ1v) is 5.27. The second-order valence-corrected chi connectivity index (χ2v) is 4.31.